The van der Waals surface area contributed by atoms with Gasteiger partial charge in [0, 0.05) is 45.3 Å². The van der Waals surface area contributed by atoms with Crippen LogP contribution in [-0.2, 0) is 0 Å². The Morgan fingerprint density at radius 2 is 1.76 bits per heavy atom. The number of rotatable bonds is 3. The molecule has 1 aromatic carbocycles. The zero-order valence-corrected chi connectivity index (χ0v) is 17.0. The van der Waals surface area contributed by atoms with E-state index in [1.807, 2.05) is 0 Å². The van der Waals surface area contributed by atoms with Crippen molar-refractivity contribution in [2.75, 3.05) is 53.4 Å². The fourth-order valence-corrected chi connectivity index (χ4v) is 5.17. The maximum atomic E-state index is 14.5. The molecule has 2 heterocycles. The van der Waals surface area contributed by atoms with E-state index in [1.54, 1.807) is 4.90 Å². The number of benzene rings is 1. The second kappa shape index (κ2) is 8.16. The van der Waals surface area contributed by atoms with Crippen molar-refractivity contribution in [3.63, 3.8) is 0 Å². The summed E-state index contributed by atoms with van der Waals surface area (Å²) in [6.07, 6.45) is 1.09. The van der Waals surface area contributed by atoms with E-state index in [2.05, 4.69) is 16.8 Å². The van der Waals surface area contributed by atoms with E-state index in [0.717, 1.165) is 38.7 Å². The Morgan fingerprint density at radius 1 is 1.10 bits per heavy atom. The number of methoxy groups -OCH3 is 1. The van der Waals surface area contributed by atoms with Crippen molar-refractivity contribution in [2.24, 2.45) is 11.8 Å². The van der Waals surface area contributed by atoms with Gasteiger partial charge < -0.3 is 19.6 Å². The Hall–Kier alpha value is -1.77. The molecule has 0 aromatic heterocycles. The van der Waals surface area contributed by atoms with Gasteiger partial charge in [-0.3, -0.25) is 9.69 Å². The van der Waals surface area contributed by atoms with Crippen LogP contribution in [0.4, 0.5) is 8.78 Å². The van der Waals surface area contributed by atoms with Gasteiger partial charge in [0.25, 0.3) is 5.91 Å². The first-order valence-corrected chi connectivity index (χ1v) is 10.3. The molecule has 0 bridgehead atoms. The molecule has 1 N–H and O–H groups in total. The molecule has 4 atom stereocenters. The van der Waals surface area contributed by atoms with Crippen molar-refractivity contribution in [1.29, 1.82) is 0 Å². The van der Waals surface area contributed by atoms with E-state index in [0.29, 0.717) is 19.5 Å². The number of amides is 1. The third-order valence-corrected chi connectivity index (χ3v) is 6.89. The Labute approximate surface area is 170 Å². The lowest BCUT2D eigenvalue weighted by atomic mass is 9.77. The molecular formula is C21H29F2N3O3. The summed E-state index contributed by atoms with van der Waals surface area (Å²) >= 11 is 0. The SMILES string of the molecule is COc1c(F)ccc(C(=O)N2C[C@H]3C[C@@H](N4CCN(C)CC4)[C@H](O)C[C@H]3C2)c1F. The maximum Gasteiger partial charge on any atom is 0.256 e. The number of fused-ring (bicyclic) bond motifs is 1. The summed E-state index contributed by atoms with van der Waals surface area (Å²) < 4.78 is 33.0. The number of hydrogen-bond donors (Lipinski definition) is 1. The average molecular weight is 409 g/mol. The summed E-state index contributed by atoms with van der Waals surface area (Å²) in [4.78, 5) is 19.2. The molecule has 1 aromatic rings. The van der Waals surface area contributed by atoms with E-state index in [1.165, 1.54) is 13.2 Å². The molecule has 3 fully saturated rings. The number of aliphatic hydroxyl groups excluding tert-OH is 1. The third-order valence-electron chi connectivity index (χ3n) is 6.89. The smallest absolute Gasteiger partial charge is 0.256 e. The number of piperazine rings is 1. The van der Waals surface area contributed by atoms with E-state index >= 15 is 0 Å². The van der Waals surface area contributed by atoms with Gasteiger partial charge in [0.05, 0.1) is 18.8 Å². The summed E-state index contributed by atoms with van der Waals surface area (Å²) in [6, 6.07) is 2.35. The van der Waals surface area contributed by atoms with Gasteiger partial charge in [-0.05, 0) is 43.9 Å². The molecule has 0 unspecified atom stereocenters. The van der Waals surface area contributed by atoms with Crippen LogP contribution in [0.15, 0.2) is 12.1 Å². The first kappa shape index (κ1) is 20.5. The average Bonchev–Trinajstić information content (AvgIpc) is 3.11. The quantitative estimate of drug-likeness (QED) is 0.819. The van der Waals surface area contributed by atoms with Crippen LogP contribution >= 0.6 is 0 Å². The Bertz CT molecular complexity index is 770. The van der Waals surface area contributed by atoms with Crippen molar-refractivity contribution in [3.8, 4) is 5.75 Å². The van der Waals surface area contributed by atoms with E-state index in [-0.39, 0.29) is 23.4 Å². The molecule has 29 heavy (non-hydrogen) atoms. The second-order valence-electron chi connectivity index (χ2n) is 8.62. The number of carbonyl (C=O) groups is 1. The molecule has 160 valence electrons. The molecule has 0 spiro atoms. The van der Waals surface area contributed by atoms with Gasteiger partial charge in [-0.15, -0.1) is 0 Å². The number of aliphatic hydroxyl groups is 1. The monoisotopic (exact) mass is 409 g/mol. The van der Waals surface area contributed by atoms with Crippen molar-refractivity contribution in [1.82, 2.24) is 14.7 Å². The van der Waals surface area contributed by atoms with Crippen LogP contribution in [0, 0.1) is 23.5 Å². The van der Waals surface area contributed by atoms with Crippen LogP contribution < -0.4 is 4.74 Å². The topological polar surface area (TPSA) is 56.2 Å². The van der Waals surface area contributed by atoms with Crippen LogP contribution in [0.5, 0.6) is 5.75 Å². The third kappa shape index (κ3) is 3.85. The lowest BCUT2D eigenvalue weighted by molar-refractivity contribution is -0.0249. The summed E-state index contributed by atoms with van der Waals surface area (Å²) in [5.41, 5.74) is -0.168. The highest BCUT2D eigenvalue weighted by Crippen LogP contribution is 2.39. The molecule has 4 rings (SSSR count). The summed E-state index contributed by atoms with van der Waals surface area (Å²) in [5.74, 6) is -2.25. The molecule has 3 aliphatic rings. The fraction of sp³-hybridized carbons (Fsp3) is 0.667. The fourth-order valence-electron chi connectivity index (χ4n) is 5.17. The lowest BCUT2D eigenvalue weighted by Crippen LogP contribution is -2.55. The largest absolute Gasteiger partial charge is 0.491 e. The number of halogens is 2. The first-order chi connectivity index (χ1) is 13.9. The maximum absolute atomic E-state index is 14.5. The Kier molecular flexibility index (Phi) is 5.77. The Morgan fingerprint density at radius 3 is 2.41 bits per heavy atom. The molecule has 1 aliphatic carbocycles. The number of hydrogen-bond acceptors (Lipinski definition) is 5. The molecule has 6 nitrogen and oxygen atoms in total. The molecular weight excluding hydrogens is 380 g/mol. The second-order valence-corrected chi connectivity index (χ2v) is 8.62. The van der Waals surface area contributed by atoms with Crippen molar-refractivity contribution >= 4 is 5.91 Å². The van der Waals surface area contributed by atoms with Gasteiger partial charge in [-0.1, -0.05) is 0 Å². The molecule has 2 aliphatic heterocycles. The number of likely N-dealkylation sites (N-methyl/N-ethyl adjacent to an activating group) is 1. The highest BCUT2D eigenvalue weighted by Gasteiger charge is 2.45. The van der Waals surface area contributed by atoms with Crippen LogP contribution in [-0.4, -0.2) is 91.3 Å². The van der Waals surface area contributed by atoms with Crippen molar-refractivity contribution in [2.45, 2.75) is 25.0 Å². The molecule has 2 saturated heterocycles. The molecule has 8 heteroatoms. The van der Waals surface area contributed by atoms with Gasteiger partial charge in [0.2, 0.25) is 0 Å². The minimum Gasteiger partial charge on any atom is -0.491 e. The minimum atomic E-state index is -0.956. The van der Waals surface area contributed by atoms with Crippen LogP contribution in [0.25, 0.3) is 0 Å². The van der Waals surface area contributed by atoms with Crippen molar-refractivity contribution in [3.05, 3.63) is 29.3 Å². The molecule has 1 amide bonds. The zero-order valence-electron chi connectivity index (χ0n) is 17.0. The van der Waals surface area contributed by atoms with Crippen LogP contribution in [0.3, 0.4) is 0 Å². The zero-order chi connectivity index (χ0) is 20.7. The number of ether oxygens (including phenoxy) is 1. The number of carbonyl (C=O) groups excluding carboxylic acids is 1. The highest BCUT2D eigenvalue weighted by atomic mass is 19.1. The summed E-state index contributed by atoms with van der Waals surface area (Å²) in [6.45, 7) is 4.91. The van der Waals surface area contributed by atoms with Gasteiger partial charge in [-0.25, -0.2) is 8.78 Å². The van der Waals surface area contributed by atoms with Gasteiger partial charge in [0.1, 0.15) is 0 Å². The van der Waals surface area contributed by atoms with E-state index < -0.39 is 29.4 Å². The standard InChI is InChI=1S/C21H29F2N3O3/c1-24-5-7-25(8-6-24)17-9-13-11-26(12-14(13)10-18(17)27)21(28)15-3-4-16(22)20(29-2)19(15)23/h3-4,13-14,17-18,27H,5-12H2,1-2H3/t13-,14+,17-,18-/m1/s1. The first-order valence-electron chi connectivity index (χ1n) is 10.3. The predicted molar refractivity (Wildman–Crippen MR) is 104 cm³/mol. The summed E-state index contributed by atoms with van der Waals surface area (Å²) in [5, 5.41) is 10.7. The number of likely N-dealkylation sites (tertiary alicyclic amines) is 1. The van der Waals surface area contributed by atoms with Gasteiger partial charge in [0.15, 0.2) is 17.4 Å². The minimum absolute atomic E-state index is 0.114. The lowest BCUT2D eigenvalue weighted by Gasteiger charge is -2.44. The predicted octanol–water partition coefficient (Wildman–Crippen LogP) is 1.43. The van der Waals surface area contributed by atoms with Crippen molar-refractivity contribution < 1.29 is 23.4 Å². The van der Waals surface area contributed by atoms with Crippen LogP contribution in [0.2, 0.25) is 0 Å². The summed E-state index contributed by atoms with van der Waals surface area (Å²) in [7, 11) is 3.29. The van der Waals surface area contributed by atoms with Gasteiger partial charge in [-0.2, -0.15) is 0 Å². The van der Waals surface area contributed by atoms with Gasteiger partial charge >= 0.3 is 0 Å². The van der Waals surface area contributed by atoms with E-state index in [9.17, 15) is 18.7 Å². The highest BCUT2D eigenvalue weighted by molar-refractivity contribution is 5.95. The number of nitrogens with zero attached hydrogens (tertiary/aromatic N) is 3. The van der Waals surface area contributed by atoms with E-state index in [4.69, 9.17) is 4.74 Å². The molecule has 1 saturated carbocycles. The molecule has 0 radical (unpaired) electrons. The van der Waals surface area contributed by atoms with Crippen LogP contribution in [0.1, 0.15) is 23.2 Å². The Balaban J connectivity index is 1.45. The normalized spacial score (nSPS) is 31.0.